The number of nitrogens with two attached hydrogens (primary N) is 1. The molecule has 1 aromatic heterocycles. The Morgan fingerprint density at radius 1 is 1.38 bits per heavy atom. The number of thioether (sulfide) groups is 1. The molecule has 4 nitrogen and oxygen atoms in total. The Hall–Kier alpha value is -1.40. The minimum absolute atomic E-state index is 0.369. The molecule has 1 atom stereocenters. The van der Waals surface area contributed by atoms with Crippen LogP contribution in [0.3, 0.4) is 0 Å². The van der Waals surface area contributed by atoms with Gasteiger partial charge in [-0.25, -0.2) is 0 Å². The Kier molecular flexibility index (Phi) is 3.53. The summed E-state index contributed by atoms with van der Waals surface area (Å²) in [5.41, 5.74) is 7.90. The summed E-state index contributed by atoms with van der Waals surface area (Å²) in [5.74, 6) is -0.369. The largest absolute Gasteiger partial charge is 0.368 e. The van der Waals surface area contributed by atoms with E-state index >= 15 is 0 Å². The first kappa shape index (κ1) is 11.1. The molecule has 0 spiro atoms. The van der Waals surface area contributed by atoms with Crippen molar-refractivity contribution in [1.29, 1.82) is 0 Å². The van der Waals surface area contributed by atoms with Crippen LogP contribution in [-0.4, -0.2) is 16.1 Å². The zero-order chi connectivity index (χ0) is 11.4. The van der Waals surface area contributed by atoms with Crippen molar-refractivity contribution in [2.24, 2.45) is 5.73 Å². The summed E-state index contributed by atoms with van der Waals surface area (Å²) >= 11 is 2.72. The van der Waals surface area contributed by atoms with E-state index in [1.165, 1.54) is 23.1 Å². The van der Waals surface area contributed by atoms with Crippen LogP contribution < -0.4 is 5.73 Å². The lowest BCUT2D eigenvalue weighted by atomic mass is 10.1. The first-order valence-corrected chi connectivity index (χ1v) is 6.30. The van der Waals surface area contributed by atoms with E-state index in [0.29, 0.717) is 0 Å². The number of benzene rings is 1. The van der Waals surface area contributed by atoms with Crippen molar-refractivity contribution in [2.45, 2.75) is 9.59 Å². The number of hydrogen-bond donors (Lipinski definition) is 1. The number of carbonyl (C=O) groups is 1. The van der Waals surface area contributed by atoms with Gasteiger partial charge in [-0.3, -0.25) is 4.79 Å². The number of carbonyl (C=O) groups excluding carboxylic acids is 1. The fourth-order valence-electron chi connectivity index (χ4n) is 1.23. The van der Waals surface area contributed by atoms with Gasteiger partial charge in [-0.1, -0.05) is 53.4 Å². The van der Waals surface area contributed by atoms with Crippen LogP contribution >= 0.6 is 23.1 Å². The van der Waals surface area contributed by atoms with Crippen LogP contribution in [0.4, 0.5) is 0 Å². The predicted octanol–water partition coefficient (Wildman–Crippen LogP) is 1.86. The molecule has 1 aromatic carbocycles. The van der Waals surface area contributed by atoms with Gasteiger partial charge in [0, 0.05) is 0 Å². The number of aromatic nitrogens is 2. The molecule has 0 aliphatic rings. The monoisotopic (exact) mass is 251 g/mol. The van der Waals surface area contributed by atoms with Gasteiger partial charge in [0.2, 0.25) is 5.91 Å². The second kappa shape index (κ2) is 5.09. The quantitative estimate of drug-likeness (QED) is 0.842. The van der Waals surface area contributed by atoms with E-state index < -0.39 is 5.25 Å². The molecule has 2 N–H and O–H groups in total. The molecule has 0 fully saturated rings. The molecular formula is C10H9N3OS2. The van der Waals surface area contributed by atoms with Crippen molar-refractivity contribution < 1.29 is 4.79 Å². The van der Waals surface area contributed by atoms with E-state index in [2.05, 4.69) is 10.2 Å². The Morgan fingerprint density at radius 2 is 2.12 bits per heavy atom. The van der Waals surface area contributed by atoms with E-state index in [4.69, 9.17) is 5.73 Å². The van der Waals surface area contributed by atoms with Gasteiger partial charge >= 0.3 is 0 Å². The predicted molar refractivity (Wildman–Crippen MR) is 64.1 cm³/mol. The zero-order valence-corrected chi connectivity index (χ0v) is 9.87. The van der Waals surface area contributed by atoms with Crippen molar-refractivity contribution in [3.05, 3.63) is 41.4 Å². The van der Waals surface area contributed by atoms with Gasteiger partial charge in [0.15, 0.2) is 4.34 Å². The number of primary amides is 1. The minimum Gasteiger partial charge on any atom is -0.368 e. The van der Waals surface area contributed by atoms with E-state index in [1.54, 1.807) is 5.51 Å². The number of amides is 1. The molecule has 1 heterocycles. The van der Waals surface area contributed by atoms with Crippen LogP contribution in [0.2, 0.25) is 0 Å². The fraction of sp³-hybridized carbons (Fsp3) is 0.100. The zero-order valence-electron chi connectivity index (χ0n) is 8.24. The Labute approximate surface area is 101 Å². The standard InChI is InChI=1S/C10H9N3OS2/c11-9(14)8(7-4-2-1-3-5-7)16-10-13-12-6-15-10/h1-6,8H,(H2,11,14). The highest BCUT2D eigenvalue weighted by Crippen LogP contribution is 2.35. The first-order valence-electron chi connectivity index (χ1n) is 4.54. The van der Waals surface area contributed by atoms with Crippen molar-refractivity contribution in [1.82, 2.24) is 10.2 Å². The molecule has 82 valence electrons. The van der Waals surface area contributed by atoms with Gasteiger partial charge in [-0.05, 0) is 5.56 Å². The van der Waals surface area contributed by atoms with Crippen LogP contribution in [0.5, 0.6) is 0 Å². The molecule has 0 saturated heterocycles. The average molecular weight is 251 g/mol. The van der Waals surface area contributed by atoms with Gasteiger partial charge in [0.05, 0.1) is 0 Å². The van der Waals surface area contributed by atoms with Crippen molar-refractivity contribution in [3.63, 3.8) is 0 Å². The second-order valence-electron chi connectivity index (χ2n) is 3.02. The van der Waals surface area contributed by atoms with Crippen LogP contribution in [0.1, 0.15) is 10.8 Å². The van der Waals surface area contributed by atoms with Crippen LogP contribution in [0.25, 0.3) is 0 Å². The maximum Gasteiger partial charge on any atom is 0.235 e. The first-order chi connectivity index (χ1) is 7.77. The van der Waals surface area contributed by atoms with Crippen LogP contribution in [-0.2, 0) is 4.79 Å². The smallest absolute Gasteiger partial charge is 0.235 e. The molecule has 0 saturated carbocycles. The summed E-state index contributed by atoms with van der Waals surface area (Å²) < 4.78 is 0.743. The van der Waals surface area contributed by atoms with Gasteiger partial charge < -0.3 is 5.73 Å². The summed E-state index contributed by atoms with van der Waals surface area (Å²) in [6, 6.07) is 9.42. The lowest BCUT2D eigenvalue weighted by Crippen LogP contribution is -2.18. The number of rotatable bonds is 4. The summed E-state index contributed by atoms with van der Waals surface area (Å²) in [6.45, 7) is 0. The topological polar surface area (TPSA) is 68.9 Å². The van der Waals surface area contributed by atoms with E-state index in [1.807, 2.05) is 30.3 Å². The van der Waals surface area contributed by atoms with E-state index in [9.17, 15) is 4.79 Å². The SMILES string of the molecule is NC(=O)C(Sc1nncs1)c1ccccc1. The lowest BCUT2D eigenvalue weighted by molar-refractivity contribution is -0.117. The minimum atomic E-state index is -0.408. The van der Waals surface area contributed by atoms with Gasteiger partial charge in [-0.15, -0.1) is 10.2 Å². The second-order valence-corrected chi connectivity index (χ2v) is 5.20. The normalized spacial score (nSPS) is 12.2. The van der Waals surface area contributed by atoms with E-state index in [0.717, 1.165) is 9.90 Å². The molecule has 16 heavy (non-hydrogen) atoms. The van der Waals surface area contributed by atoms with Crippen LogP contribution in [0, 0.1) is 0 Å². The van der Waals surface area contributed by atoms with Crippen molar-refractivity contribution in [3.8, 4) is 0 Å². The Bertz CT molecular complexity index is 458. The fourth-order valence-corrected chi connectivity index (χ4v) is 2.86. The number of nitrogens with zero attached hydrogens (tertiary/aromatic N) is 2. The molecule has 1 unspecified atom stereocenters. The third kappa shape index (κ3) is 2.59. The Morgan fingerprint density at radius 3 is 2.69 bits per heavy atom. The highest BCUT2D eigenvalue weighted by atomic mass is 32.2. The molecule has 0 radical (unpaired) electrons. The van der Waals surface area contributed by atoms with Crippen molar-refractivity contribution >= 4 is 29.0 Å². The Balaban J connectivity index is 2.22. The maximum atomic E-state index is 11.4. The molecular weight excluding hydrogens is 242 g/mol. The van der Waals surface area contributed by atoms with Crippen LogP contribution in [0.15, 0.2) is 40.2 Å². The molecule has 2 rings (SSSR count). The number of hydrogen-bond acceptors (Lipinski definition) is 5. The highest BCUT2D eigenvalue weighted by molar-refractivity contribution is 8.01. The molecule has 2 aromatic rings. The summed E-state index contributed by atoms with van der Waals surface area (Å²) in [7, 11) is 0. The summed E-state index contributed by atoms with van der Waals surface area (Å²) in [6.07, 6.45) is 0. The van der Waals surface area contributed by atoms with E-state index in [-0.39, 0.29) is 5.91 Å². The molecule has 6 heteroatoms. The van der Waals surface area contributed by atoms with Gasteiger partial charge in [0.1, 0.15) is 10.8 Å². The van der Waals surface area contributed by atoms with Gasteiger partial charge in [0.25, 0.3) is 0 Å². The third-order valence-electron chi connectivity index (χ3n) is 1.92. The van der Waals surface area contributed by atoms with Gasteiger partial charge in [-0.2, -0.15) is 0 Å². The maximum absolute atomic E-state index is 11.4. The van der Waals surface area contributed by atoms with Crippen molar-refractivity contribution in [2.75, 3.05) is 0 Å². The lowest BCUT2D eigenvalue weighted by Gasteiger charge is -2.10. The summed E-state index contributed by atoms with van der Waals surface area (Å²) in [5, 5.41) is 7.20. The molecule has 0 aliphatic carbocycles. The molecule has 1 amide bonds. The molecule has 0 aliphatic heterocycles. The highest BCUT2D eigenvalue weighted by Gasteiger charge is 2.20. The molecule has 0 bridgehead atoms. The summed E-state index contributed by atoms with van der Waals surface area (Å²) in [4.78, 5) is 11.4. The average Bonchev–Trinajstić information content (AvgIpc) is 2.79. The third-order valence-corrected chi connectivity index (χ3v) is 4.00.